The Kier molecular flexibility index (Phi) is 9.40. The Morgan fingerprint density at radius 3 is 2.53 bits per heavy atom. The molecule has 1 aliphatic rings. The van der Waals surface area contributed by atoms with Crippen molar-refractivity contribution in [1.82, 2.24) is 4.90 Å². The molecule has 1 fully saturated rings. The number of guanidine groups is 1. The molecule has 0 amide bonds. The molecule has 0 aromatic carbocycles. The standard InChI is InChI=1S/C13H27N3O3/c1-2-3-7-17-11-12-18-8-4-15-13(14)16-5-9-19-10-6-16/h2-12H2,1H3,(H2,14,15). The molecular weight excluding hydrogens is 246 g/mol. The maximum Gasteiger partial charge on any atom is 0.191 e. The smallest absolute Gasteiger partial charge is 0.191 e. The third-order valence-corrected chi connectivity index (χ3v) is 2.86. The lowest BCUT2D eigenvalue weighted by molar-refractivity contribution is 0.0494. The van der Waals surface area contributed by atoms with Gasteiger partial charge in [-0.05, 0) is 6.42 Å². The van der Waals surface area contributed by atoms with E-state index in [1.54, 1.807) is 0 Å². The van der Waals surface area contributed by atoms with Crippen LogP contribution in [-0.4, -0.2) is 70.1 Å². The quantitative estimate of drug-likeness (QED) is 0.376. The van der Waals surface area contributed by atoms with Crippen LogP contribution in [0.3, 0.4) is 0 Å². The summed E-state index contributed by atoms with van der Waals surface area (Å²) < 4.78 is 16.1. The van der Waals surface area contributed by atoms with Crippen molar-refractivity contribution in [2.24, 2.45) is 10.7 Å². The predicted octanol–water partition coefficient (Wildman–Crippen LogP) is 0.467. The number of ether oxygens (including phenoxy) is 3. The zero-order valence-electron chi connectivity index (χ0n) is 12.0. The molecule has 0 aromatic heterocycles. The van der Waals surface area contributed by atoms with Crippen LogP contribution < -0.4 is 5.73 Å². The van der Waals surface area contributed by atoms with E-state index in [-0.39, 0.29) is 0 Å². The van der Waals surface area contributed by atoms with Gasteiger partial charge in [0.15, 0.2) is 5.96 Å². The fourth-order valence-corrected chi connectivity index (χ4v) is 1.69. The van der Waals surface area contributed by atoms with E-state index in [0.717, 1.165) is 45.8 Å². The second-order valence-electron chi connectivity index (χ2n) is 4.42. The predicted molar refractivity (Wildman–Crippen MR) is 75.4 cm³/mol. The first-order valence-electron chi connectivity index (χ1n) is 7.12. The van der Waals surface area contributed by atoms with Crippen LogP contribution in [0, 0.1) is 0 Å². The summed E-state index contributed by atoms with van der Waals surface area (Å²) in [7, 11) is 0. The molecule has 0 bridgehead atoms. The molecule has 0 saturated carbocycles. The molecule has 0 radical (unpaired) electrons. The summed E-state index contributed by atoms with van der Waals surface area (Å²) in [4.78, 5) is 6.33. The fraction of sp³-hybridized carbons (Fsp3) is 0.923. The normalized spacial score (nSPS) is 16.9. The number of hydrogen-bond acceptors (Lipinski definition) is 4. The van der Waals surface area contributed by atoms with Gasteiger partial charge in [0.2, 0.25) is 0 Å². The number of morpholine rings is 1. The van der Waals surface area contributed by atoms with Crippen LogP contribution in [0.15, 0.2) is 4.99 Å². The number of aliphatic imine (C=N–C) groups is 1. The molecule has 112 valence electrons. The summed E-state index contributed by atoms with van der Waals surface area (Å²) in [6.45, 7) is 8.52. The van der Waals surface area contributed by atoms with Gasteiger partial charge in [0.1, 0.15) is 0 Å². The average Bonchev–Trinajstić information content (AvgIpc) is 2.46. The molecule has 1 heterocycles. The number of nitrogens with two attached hydrogens (primary N) is 1. The minimum atomic E-state index is 0.585. The van der Waals surface area contributed by atoms with E-state index in [1.165, 1.54) is 0 Å². The van der Waals surface area contributed by atoms with E-state index in [9.17, 15) is 0 Å². The summed E-state index contributed by atoms with van der Waals surface area (Å²) in [5.41, 5.74) is 5.88. The fourth-order valence-electron chi connectivity index (χ4n) is 1.69. The Labute approximate surface area is 115 Å². The monoisotopic (exact) mass is 273 g/mol. The third kappa shape index (κ3) is 8.02. The van der Waals surface area contributed by atoms with Crippen molar-refractivity contribution in [3.8, 4) is 0 Å². The van der Waals surface area contributed by atoms with E-state index >= 15 is 0 Å². The van der Waals surface area contributed by atoms with E-state index in [0.29, 0.717) is 32.3 Å². The average molecular weight is 273 g/mol. The highest BCUT2D eigenvalue weighted by Crippen LogP contribution is 1.96. The van der Waals surface area contributed by atoms with Crippen molar-refractivity contribution < 1.29 is 14.2 Å². The topological polar surface area (TPSA) is 69.3 Å². The van der Waals surface area contributed by atoms with Crippen LogP contribution in [0.1, 0.15) is 19.8 Å². The molecule has 19 heavy (non-hydrogen) atoms. The SMILES string of the molecule is CCCCOCCOCCN=C(N)N1CCOCC1. The maximum absolute atomic E-state index is 5.88. The molecular formula is C13H27N3O3. The first-order chi connectivity index (χ1) is 9.34. The zero-order chi connectivity index (χ0) is 13.8. The van der Waals surface area contributed by atoms with Crippen LogP contribution >= 0.6 is 0 Å². The summed E-state index contributed by atoms with van der Waals surface area (Å²) in [5.74, 6) is 0.589. The maximum atomic E-state index is 5.88. The summed E-state index contributed by atoms with van der Waals surface area (Å²) >= 11 is 0. The van der Waals surface area contributed by atoms with E-state index in [2.05, 4.69) is 11.9 Å². The van der Waals surface area contributed by atoms with Crippen molar-refractivity contribution in [2.75, 3.05) is 59.3 Å². The first-order valence-corrected chi connectivity index (χ1v) is 7.12. The lowest BCUT2D eigenvalue weighted by Gasteiger charge is -2.27. The van der Waals surface area contributed by atoms with Gasteiger partial charge >= 0.3 is 0 Å². The van der Waals surface area contributed by atoms with Crippen molar-refractivity contribution in [2.45, 2.75) is 19.8 Å². The summed E-state index contributed by atoms with van der Waals surface area (Å²) in [5, 5.41) is 0. The number of nitrogens with zero attached hydrogens (tertiary/aromatic N) is 2. The molecule has 0 aromatic rings. The van der Waals surface area contributed by atoms with Crippen LogP contribution in [0.2, 0.25) is 0 Å². The van der Waals surface area contributed by atoms with Gasteiger partial charge in [-0.2, -0.15) is 0 Å². The van der Waals surface area contributed by atoms with Crippen molar-refractivity contribution in [3.63, 3.8) is 0 Å². The summed E-state index contributed by atoms with van der Waals surface area (Å²) in [6, 6.07) is 0. The van der Waals surface area contributed by atoms with Gasteiger partial charge in [0.05, 0.1) is 39.6 Å². The second-order valence-corrected chi connectivity index (χ2v) is 4.42. The van der Waals surface area contributed by atoms with Gasteiger partial charge in [-0.15, -0.1) is 0 Å². The second kappa shape index (κ2) is 11.0. The van der Waals surface area contributed by atoms with Crippen LogP contribution in [-0.2, 0) is 14.2 Å². The van der Waals surface area contributed by atoms with E-state index < -0.39 is 0 Å². The van der Waals surface area contributed by atoms with Gasteiger partial charge in [0, 0.05) is 19.7 Å². The van der Waals surface area contributed by atoms with Crippen molar-refractivity contribution in [3.05, 3.63) is 0 Å². The molecule has 1 rings (SSSR count). The van der Waals surface area contributed by atoms with E-state index in [1.807, 2.05) is 4.90 Å². The van der Waals surface area contributed by atoms with Gasteiger partial charge in [-0.3, -0.25) is 4.99 Å². The third-order valence-electron chi connectivity index (χ3n) is 2.86. The number of hydrogen-bond donors (Lipinski definition) is 1. The number of rotatable bonds is 9. The molecule has 0 unspecified atom stereocenters. The molecule has 6 nitrogen and oxygen atoms in total. The Hall–Kier alpha value is -0.850. The highest BCUT2D eigenvalue weighted by atomic mass is 16.5. The van der Waals surface area contributed by atoms with Gasteiger partial charge in [-0.25, -0.2) is 0 Å². The van der Waals surface area contributed by atoms with Gasteiger partial charge < -0.3 is 24.8 Å². The molecule has 6 heteroatoms. The minimum absolute atomic E-state index is 0.585. The van der Waals surface area contributed by atoms with Crippen LogP contribution in [0.4, 0.5) is 0 Å². The van der Waals surface area contributed by atoms with Crippen molar-refractivity contribution >= 4 is 5.96 Å². The van der Waals surface area contributed by atoms with Crippen LogP contribution in [0.5, 0.6) is 0 Å². The molecule has 2 N–H and O–H groups in total. The Bertz CT molecular complexity index is 243. The zero-order valence-corrected chi connectivity index (χ0v) is 12.0. The van der Waals surface area contributed by atoms with Crippen LogP contribution in [0.25, 0.3) is 0 Å². The van der Waals surface area contributed by atoms with Crippen molar-refractivity contribution in [1.29, 1.82) is 0 Å². The Balaban J connectivity index is 1.94. The molecule has 0 aliphatic carbocycles. The molecule has 0 spiro atoms. The lowest BCUT2D eigenvalue weighted by Crippen LogP contribution is -2.45. The Morgan fingerprint density at radius 1 is 1.16 bits per heavy atom. The van der Waals surface area contributed by atoms with E-state index in [4.69, 9.17) is 19.9 Å². The lowest BCUT2D eigenvalue weighted by atomic mass is 10.4. The van der Waals surface area contributed by atoms with Gasteiger partial charge in [0.25, 0.3) is 0 Å². The molecule has 1 aliphatic heterocycles. The minimum Gasteiger partial charge on any atom is -0.379 e. The van der Waals surface area contributed by atoms with Gasteiger partial charge in [-0.1, -0.05) is 13.3 Å². The highest BCUT2D eigenvalue weighted by Gasteiger charge is 2.11. The summed E-state index contributed by atoms with van der Waals surface area (Å²) in [6.07, 6.45) is 2.27. The largest absolute Gasteiger partial charge is 0.379 e. The molecule has 1 saturated heterocycles. The highest BCUT2D eigenvalue weighted by molar-refractivity contribution is 5.78. The first kappa shape index (κ1) is 16.2. The molecule has 0 atom stereocenters. The number of unbranched alkanes of at least 4 members (excludes halogenated alkanes) is 1. The Morgan fingerprint density at radius 2 is 1.84 bits per heavy atom.